The van der Waals surface area contributed by atoms with E-state index >= 15 is 0 Å². The summed E-state index contributed by atoms with van der Waals surface area (Å²) in [5, 5.41) is 4.76. The first-order chi connectivity index (χ1) is 12.9. The molecule has 2 amide bonds. The summed E-state index contributed by atoms with van der Waals surface area (Å²) in [4.78, 5) is 26.3. The summed E-state index contributed by atoms with van der Waals surface area (Å²) < 4.78 is 27.1. The second-order valence-corrected chi connectivity index (χ2v) is 10.9. The number of rotatable bonds is 6. The molecule has 1 atom stereocenters. The van der Waals surface area contributed by atoms with E-state index in [4.69, 9.17) is 0 Å². The summed E-state index contributed by atoms with van der Waals surface area (Å²) in [5.41, 5.74) is 0. The van der Waals surface area contributed by atoms with Crippen LogP contribution in [0.5, 0.6) is 0 Å². The number of hydrogen-bond acceptors (Lipinski definition) is 5. The van der Waals surface area contributed by atoms with Crippen molar-refractivity contribution in [2.45, 2.75) is 42.4 Å². The number of nitrogens with one attached hydrogen (secondary N) is 1. The molecule has 1 saturated carbocycles. The Morgan fingerprint density at radius 3 is 2.59 bits per heavy atom. The molecule has 9 heteroatoms. The molecule has 0 bridgehead atoms. The fourth-order valence-electron chi connectivity index (χ4n) is 3.85. The third kappa shape index (κ3) is 4.20. The minimum atomic E-state index is -3.39. The van der Waals surface area contributed by atoms with Gasteiger partial charge in [-0.1, -0.05) is 6.07 Å². The Balaban J connectivity index is 1.28. The lowest BCUT2D eigenvalue weighted by Crippen LogP contribution is -2.42. The molecule has 1 N–H and O–H groups in total. The predicted octanol–water partition coefficient (Wildman–Crippen LogP) is 1.28. The van der Waals surface area contributed by atoms with Crippen molar-refractivity contribution < 1.29 is 18.0 Å². The van der Waals surface area contributed by atoms with Gasteiger partial charge >= 0.3 is 0 Å². The van der Waals surface area contributed by atoms with Gasteiger partial charge in [0.05, 0.1) is 5.92 Å². The number of sulfonamides is 1. The van der Waals surface area contributed by atoms with E-state index in [-0.39, 0.29) is 23.7 Å². The van der Waals surface area contributed by atoms with E-state index in [0.29, 0.717) is 42.9 Å². The molecule has 2 aliphatic heterocycles. The zero-order valence-electron chi connectivity index (χ0n) is 15.2. The number of hydrogen-bond donors (Lipinski definition) is 1. The fraction of sp³-hybridized carbons (Fsp3) is 0.667. The molecule has 1 aromatic rings. The minimum Gasteiger partial charge on any atom is -0.353 e. The smallest absolute Gasteiger partial charge is 0.252 e. The van der Waals surface area contributed by atoms with Crippen LogP contribution in [0.1, 0.15) is 32.1 Å². The van der Waals surface area contributed by atoms with Crippen LogP contribution in [0.25, 0.3) is 0 Å². The largest absolute Gasteiger partial charge is 0.353 e. The minimum absolute atomic E-state index is 0.00482. The van der Waals surface area contributed by atoms with Gasteiger partial charge in [0.15, 0.2) is 0 Å². The summed E-state index contributed by atoms with van der Waals surface area (Å²) in [5.74, 6) is 0.0937. The highest BCUT2D eigenvalue weighted by molar-refractivity contribution is 7.91. The molecule has 27 heavy (non-hydrogen) atoms. The van der Waals surface area contributed by atoms with Crippen LogP contribution in [0.15, 0.2) is 21.7 Å². The number of nitrogens with zero attached hydrogens (tertiary/aromatic N) is 2. The van der Waals surface area contributed by atoms with Crippen molar-refractivity contribution in [1.29, 1.82) is 0 Å². The standard InChI is InChI=1S/C18H25N3O4S2/c22-16-10-14(18(23)19-15-3-4-15)12-20(16)11-13-5-7-21(8-6-13)27(24,25)17-2-1-9-26-17/h1-2,9,13-15H,3-8,10-12H2,(H,19,23). The van der Waals surface area contributed by atoms with E-state index < -0.39 is 10.0 Å². The van der Waals surface area contributed by atoms with Gasteiger partial charge in [0.1, 0.15) is 4.21 Å². The van der Waals surface area contributed by atoms with Gasteiger partial charge in [0, 0.05) is 38.6 Å². The maximum absolute atomic E-state index is 12.6. The van der Waals surface area contributed by atoms with Crippen molar-refractivity contribution >= 4 is 33.2 Å². The van der Waals surface area contributed by atoms with Crippen molar-refractivity contribution in [2.75, 3.05) is 26.2 Å². The Bertz CT molecular complexity index is 797. The van der Waals surface area contributed by atoms with E-state index in [1.54, 1.807) is 26.7 Å². The predicted molar refractivity (Wildman–Crippen MR) is 102 cm³/mol. The Hall–Kier alpha value is -1.45. The Morgan fingerprint density at radius 1 is 1.22 bits per heavy atom. The molecular formula is C18H25N3O4S2. The Kier molecular flexibility index (Phi) is 5.26. The van der Waals surface area contributed by atoms with Crippen LogP contribution in [0.3, 0.4) is 0 Å². The van der Waals surface area contributed by atoms with Crippen LogP contribution in [0.2, 0.25) is 0 Å². The molecule has 3 heterocycles. The molecule has 0 spiro atoms. The molecule has 148 valence electrons. The van der Waals surface area contributed by atoms with Crippen molar-refractivity contribution in [3.05, 3.63) is 17.5 Å². The van der Waals surface area contributed by atoms with Gasteiger partial charge in [0.25, 0.3) is 10.0 Å². The first-order valence-corrected chi connectivity index (χ1v) is 11.9. The van der Waals surface area contributed by atoms with Crippen LogP contribution in [-0.2, 0) is 19.6 Å². The van der Waals surface area contributed by atoms with Gasteiger partial charge in [-0.25, -0.2) is 8.42 Å². The summed E-state index contributed by atoms with van der Waals surface area (Å²) in [7, 11) is -3.39. The SMILES string of the molecule is O=C(NC1CC1)C1CC(=O)N(CC2CCN(S(=O)(=O)c3cccs3)CC2)C1. The van der Waals surface area contributed by atoms with E-state index in [1.807, 2.05) is 0 Å². The van der Waals surface area contributed by atoms with Crippen LogP contribution >= 0.6 is 11.3 Å². The molecule has 1 aliphatic carbocycles. The average molecular weight is 412 g/mol. The van der Waals surface area contributed by atoms with E-state index in [0.717, 1.165) is 25.7 Å². The molecule has 7 nitrogen and oxygen atoms in total. The topological polar surface area (TPSA) is 86.8 Å². The summed E-state index contributed by atoms with van der Waals surface area (Å²) >= 11 is 1.24. The summed E-state index contributed by atoms with van der Waals surface area (Å²) in [6.45, 7) is 2.08. The van der Waals surface area contributed by atoms with E-state index in [1.165, 1.54) is 11.3 Å². The monoisotopic (exact) mass is 411 g/mol. The molecule has 3 aliphatic rings. The molecule has 0 radical (unpaired) electrons. The van der Waals surface area contributed by atoms with Gasteiger partial charge in [-0.3, -0.25) is 9.59 Å². The van der Waals surface area contributed by atoms with Crippen LogP contribution < -0.4 is 5.32 Å². The Labute approximate surface area is 163 Å². The fourth-order valence-corrected chi connectivity index (χ4v) is 6.47. The highest BCUT2D eigenvalue weighted by Crippen LogP contribution is 2.28. The first-order valence-electron chi connectivity index (χ1n) is 9.55. The maximum atomic E-state index is 12.6. The molecule has 0 aromatic carbocycles. The zero-order chi connectivity index (χ0) is 19.0. The first kappa shape index (κ1) is 18.9. The number of likely N-dealkylation sites (tertiary alicyclic amines) is 1. The van der Waals surface area contributed by atoms with Crippen molar-refractivity contribution in [2.24, 2.45) is 11.8 Å². The van der Waals surface area contributed by atoms with E-state index in [9.17, 15) is 18.0 Å². The third-order valence-corrected chi connectivity index (χ3v) is 8.92. The summed E-state index contributed by atoms with van der Waals surface area (Å²) in [6.07, 6.45) is 3.87. The van der Waals surface area contributed by atoms with Gasteiger partial charge < -0.3 is 10.2 Å². The van der Waals surface area contributed by atoms with E-state index in [2.05, 4.69) is 5.32 Å². The van der Waals surface area contributed by atoms with Gasteiger partial charge in [-0.15, -0.1) is 11.3 Å². The second kappa shape index (κ2) is 7.52. The normalized spacial score (nSPS) is 25.1. The maximum Gasteiger partial charge on any atom is 0.252 e. The van der Waals surface area contributed by atoms with Crippen molar-refractivity contribution in [3.8, 4) is 0 Å². The highest BCUT2D eigenvalue weighted by Gasteiger charge is 2.38. The number of piperidine rings is 1. The molecule has 1 aromatic heterocycles. The molecule has 4 rings (SSSR count). The second-order valence-electron chi connectivity index (χ2n) is 7.76. The summed E-state index contributed by atoms with van der Waals surface area (Å²) in [6, 6.07) is 3.71. The van der Waals surface area contributed by atoms with Crippen molar-refractivity contribution in [1.82, 2.24) is 14.5 Å². The average Bonchev–Trinajstić information content (AvgIpc) is 3.14. The van der Waals surface area contributed by atoms with Crippen molar-refractivity contribution in [3.63, 3.8) is 0 Å². The number of amides is 2. The molecular weight excluding hydrogens is 386 g/mol. The number of carbonyl (C=O) groups excluding carboxylic acids is 2. The van der Waals surface area contributed by atoms with Gasteiger partial charge in [-0.2, -0.15) is 4.31 Å². The quantitative estimate of drug-likeness (QED) is 0.764. The van der Waals surface area contributed by atoms with Crippen LogP contribution in [0, 0.1) is 11.8 Å². The number of carbonyl (C=O) groups is 2. The molecule has 1 unspecified atom stereocenters. The number of thiophene rings is 1. The Morgan fingerprint density at radius 2 is 1.96 bits per heavy atom. The van der Waals surface area contributed by atoms with Crippen LogP contribution in [0.4, 0.5) is 0 Å². The lowest BCUT2D eigenvalue weighted by molar-refractivity contribution is -0.129. The highest BCUT2D eigenvalue weighted by atomic mass is 32.2. The van der Waals surface area contributed by atoms with Gasteiger partial charge in [-0.05, 0) is 43.0 Å². The lowest BCUT2D eigenvalue weighted by Gasteiger charge is -2.33. The van der Waals surface area contributed by atoms with Crippen LogP contribution in [-0.4, -0.2) is 61.7 Å². The van der Waals surface area contributed by atoms with Gasteiger partial charge in [0.2, 0.25) is 11.8 Å². The molecule has 3 fully saturated rings. The molecule has 2 saturated heterocycles. The lowest BCUT2D eigenvalue weighted by atomic mass is 9.97. The zero-order valence-corrected chi connectivity index (χ0v) is 16.8. The third-order valence-electron chi connectivity index (χ3n) is 5.65.